The Morgan fingerprint density at radius 1 is 1.88 bits per heavy atom. The lowest BCUT2D eigenvalue weighted by Gasteiger charge is -1.98. The summed E-state index contributed by atoms with van der Waals surface area (Å²) in [6.45, 7) is 0. The predicted molar refractivity (Wildman–Crippen MR) is 33.9 cm³/mol. The maximum atomic E-state index is 10.5. The molecule has 4 nitrogen and oxygen atoms in total. The fourth-order valence-electron chi connectivity index (χ4n) is 0.213. The molecule has 1 unspecified atom stereocenters. The molecule has 0 aromatic heterocycles. The van der Waals surface area contributed by atoms with Crippen molar-refractivity contribution in [1.29, 1.82) is 0 Å². The van der Waals surface area contributed by atoms with Crippen LogP contribution in [0.2, 0.25) is 0 Å². The zero-order valence-corrected chi connectivity index (χ0v) is 5.33. The van der Waals surface area contributed by atoms with Gasteiger partial charge in [-0.15, -0.1) is 0 Å². The summed E-state index contributed by atoms with van der Waals surface area (Å²) in [6.07, 6.45) is 1.29. The number of amides is 2. The number of hydrogen-bond acceptors (Lipinski definition) is 2. The minimum absolute atomic E-state index is 0.812. The fourth-order valence-corrected chi connectivity index (χ4v) is 0.638. The molecule has 0 aliphatic carbocycles. The summed E-state index contributed by atoms with van der Waals surface area (Å²) in [4.78, 5) is 9.91. The zero-order chi connectivity index (χ0) is 6.78. The first kappa shape index (κ1) is 7.29. The molecule has 0 saturated heterocycles. The van der Waals surface area contributed by atoms with Gasteiger partial charge in [0.2, 0.25) is 0 Å². The first-order chi connectivity index (χ1) is 3.42. The normalized spacial score (nSPS) is 16.6. The molecule has 0 bridgehead atoms. The highest BCUT2D eigenvalue weighted by atomic mass is 32.2. The van der Waals surface area contributed by atoms with E-state index in [4.69, 9.17) is 0 Å². The second kappa shape index (κ2) is 2.04. The average Bonchev–Trinajstić information content (AvgIpc) is 1.21. The van der Waals surface area contributed by atoms with Gasteiger partial charge in [-0.3, -0.25) is 4.72 Å². The van der Waals surface area contributed by atoms with Gasteiger partial charge in [-0.1, -0.05) is 0 Å². The Hall–Kier alpha value is -0.710. The lowest BCUT2D eigenvalue weighted by Crippen LogP contribution is -2.33. The molecule has 3 N–H and O–H groups in total. The number of carbonyl (C=O) groups is 1. The molecule has 1 atom stereocenters. The van der Waals surface area contributed by atoms with E-state index in [1.807, 2.05) is 4.72 Å². The van der Waals surface area contributed by atoms with Crippen molar-refractivity contribution < 1.29 is 9.00 Å². The molecule has 0 aromatic rings. The third-order valence-electron chi connectivity index (χ3n) is 0.316. The highest BCUT2D eigenvalue weighted by Gasteiger charge is 1.94. The van der Waals surface area contributed by atoms with Crippen LogP contribution in [-0.2, 0) is 9.71 Å². The van der Waals surface area contributed by atoms with Gasteiger partial charge in [0.1, 0.15) is 0 Å². The predicted octanol–water partition coefficient (Wildman–Crippen LogP) is -1.08. The monoisotopic (exact) mass is 136 g/mol. The van der Waals surface area contributed by atoms with Crippen molar-refractivity contribution in [3.8, 4) is 0 Å². The van der Waals surface area contributed by atoms with Crippen molar-refractivity contribution in [3.63, 3.8) is 0 Å². The van der Waals surface area contributed by atoms with Crippen LogP contribution in [0.4, 0.5) is 4.79 Å². The van der Waals surface area contributed by atoms with Crippen LogP contribution in [0, 0.1) is 0 Å². The summed E-state index contributed by atoms with van der Waals surface area (Å²) in [6, 6.07) is -0.812. The molecule has 0 spiro atoms. The number of nitrogens with two attached hydrogens (primary N) is 1. The number of carbonyl (C=O) groups excluding carboxylic acids is 1. The maximum absolute atomic E-state index is 10.5. The van der Waals surface area contributed by atoms with Crippen LogP contribution in [0.1, 0.15) is 0 Å². The molecule has 0 aliphatic heterocycles. The van der Waals surface area contributed by atoms with Gasteiger partial charge < -0.3 is 5.73 Å². The van der Waals surface area contributed by atoms with E-state index in [-0.39, 0.29) is 0 Å². The third-order valence-corrected chi connectivity index (χ3v) is 0.949. The Morgan fingerprint density at radius 2 is 2.25 bits per heavy atom. The van der Waals surface area contributed by atoms with Crippen molar-refractivity contribution in [2.24, 2.45) is 5.73 Å². The van der Waals surface area contributed by atoms with Gasteiger partial charge in [0.05, 0.1) is 0 Å². The lowest BCUT2D eigenvalue weighted by atomic mass is 11.2. The zero-order valence-electron chi connectivity index (χ0n) is 4.51. The number of hydrogen-bond donors (Lipinski definition) is 2. The minimum atomic E-state index is -2.45. The molecule has 5 heteroatoms. The molecule has 48 valence electrons. The van der Waals surface area contributed by atoms with E-state index in [1.54, 1.807) is 0 Å². The Balaban J connectivity index is 3.95. The highest BCUT2D eigenvalue weighted by molar-refractivity contribution is 7.98. The van der Waals surface area contributed by atoms with Crippen LogP contribution in [0.5, 0.6) is 0 Å². The van der Waals surface area contributed by atoms with Gasteiger partial charge in [-0.2, -0.15) is 0 Å². The second-order valence-corrected chi connectivity index (χ2v) is 3.69. The molecule has 2 amide bonds. The summed E-state index contributed by atoms with van der Waals surface area (Å²) in [5.74, 6) is 3.13. The van der Waals surface area contributed by atoms with Crippen molar-refractivity contribution >= 4 is 21.6 Å². The van der Waals surface area contributed by atoms with E-state index in [0.29, 0.717) is 0 Å². The summed E-state index contributed by atoms with van der Waals surface area (Å²) in [5.41, 5.74) is 4.61. The summed E-state index contributed by atoms with van der Waals surface area (Å²) in [7, 11) is -2.45. The smallest absolute Gasteiger partial charge is 0.323 e. The van der Waals surface area contributed by atoms with E-state index < -0.39 is 15.7 Å². The van der Waals surface area contributed by atoms with Crippen LogP contribution in [0.25, 0.3) is 0 Å². The molecule has 0 heterocycles. The maximum Gasteiger partial charge on any atom is 0.323 e. The van der Waals surface area contributed by atoms with Crippen LogP contribution in [0.15, 0.2) is 0 Å². The molecule has 0 aromatic carbocycles. The molecule has 0 rings (SSSR count). The molecule has 0 fully saturated rings. The van der Waals surface area contributed by atoms with E-state index in [2.05, 4.69) is 11.6 Å². The van der Waals surface area contributed by atoms with Crippen LogP contribution >= 0.6 is 0 Å². The molecule has 0 saturated carbocycles. The first-order valence-electron chi connectivity index (χ1n) is 1.81. The average molecular weight is 136 g/mol. The van der Waals surface area contributed by atoms with E-state index in [1.165, 1.54) is 6.26 Å². The summed E-state index contributed by atoms with van der Waals surface area (Å²) in [5, 5.41) is 0. The Kier molecular flexibility index (Phi) is 1.86. The van der Waals surface area contributed by atoms with Gasteiger partial charge >= 0.3 is 6.03 Å². The Bertz CT molecular complexity index is 181. The number of primary amides is 1. The van der Waals surface area contributed by atoms with E-state index >= 15 is 0 Å². The van der Waals surface area contributed by atoms with Crippen molar-refractivity contribution in [1.82, 2.24) is 4.72 Å². The summed E-state index contributed by atoms with van der Waals surface area (Å²) >= 11 is 0. The van der Waals surface area contributed by atoms with Crippen molar-refractivity contribution in [2.45, 2.75) is 0 Å². The number of rotatable bonds is 1. The van der Waals surface area contributed by atoms with E-state index in [0.717, 1.165) is 0 Å². The van der Waals surface area contributed by atoms with Gasteiger partial charge in [0.25, 0.3) is 0 Å². The topological polar surface area (TPSA) is 72.2 Å². The number of urea groups is 1. The van der Waals surface area contributed by atoms with Gasteiger partial charge in [0, 0.05) is 16.0 Å². The molecular weight excluding hydrogens is 128 g/mol. The van der Waals surface area contributed by atoms with Gasteiger partial charge in [0.15, 0.2) is 0 Å². The second-order valence-electron chi connectivity index (χ2n) is 1.47. The fraction of sp³-hybridized carbons (Fsp3) is 0.333. The molecule has 0 radical (unpaired) electrons. The van der Waals surface area contributed by atoms with Crippen LogP contribution < -0.4 is 10.5 Å². The Morgan fingerprint density at radius 3 is 2.25 bits per heavy atom. The lowest BCUT2D eigenvalue weighted by molar-refractivity contribution is 0.254. The van der Waals surface area contributed by atoms with Crippen LogP contribution in [0.3, 0.4) is 0 Å². The minimum Gasteiger partial charge on any atom is -0.351 e. The van der Waals surface area contributed by atoms with Crippen molar-refractivity contribution in [2.75, 3.05) is 6.26 Å². The largest absolute Gasteiger partial charge is 0.351 e. The van der Waals surface area contributed by atoms with E-state index in [9.17, 15) is 9.00 Å². The highest BCUT2D eigenvalue weighted by Crippen LogP contribution is 1.68. The van der Waals surface area contributed by atoms with Gasteiger partial charge in [-0.25, -0.2) is 9.00 Å². The quantitative estimate of drug-likeness (QED) is 0.450. The molecule has 0 aliphatic rings. The third kappa shape index (κ3) is 5.29. The number of nitrogens with one attached hydrogen (secondary N) is 1. The van der Waals surface area contributed by atoms with Crippen molar-refractivity contribution in [3.05, 3.63) is 0 Å². The van der Waals surface area contributed by atoms with Crippen LogP contribution in [-0.4, -0.2) is 22.4 Å². The molecular formula is C3H8N2O2S. The molecule has 8 heavy (non-hydrogen) atoms. The summed E-state index contributed by atoms with van der Waals surface area (Å²) < 4.78 is 12.4. The van der Waals surface area contributed by atoms with Gasteiger partial charge in [-0.05, 0) is 5.87 Å². The SMILES string of the molecule is C=S(C)(=O)NC(N)=O. The first-order valence-corrected chi connectivity index (χ1v) is 3.95. The Labute approximate surface area is 48.2 Å². The standard InChI is InChI=1S/C3H8N2O2S/c1-8(2,7)5-3(4)6/h1H2,2H3,(H3,4,5,6,7).